The van der Waals surface area contributed by atoms with Crippen LogP contribution in [0.2, 0.25) is 5.02 Å². The summed E-state index contributed by atoms with van der Waals surface area (Å²) in [5.41, 5.74) is 0.562. The van der Waals surface area contributed by atoms with Gasteiger partial charge in [0.1, 0.15) is 5.02 Å². The Kier molecular flexibility index (Phi) is 4.98. The van der Waals surface area contributed by atoms with Gasteiger partial charge in [-0.15, -0.1) is 0 Å². The molecule has 0 heterocycles. The van der Waals surface area contributed by atoms with E-state index in [4.69, 9.17) is 16.3 Å². The maximum atomic E-state index is 12.1. The largest absolute Gasteiger partial charge is 0.504 e. The highest BCUT2D eigenvalue weighted by Gasteiger charge is 2.12. The zero-order valence-electron chi connectivity index (χ0n) is 12.0. The molecule has 23 heavy (non-hydrogen) atoms. The lowest BCUT2D eigenvalue weighted by Gasteiger charge is -2.04. The monoisotopic (exact) mass is 333 g/mol. The van der Waals surface area contributed by atoms with Crippen LogP contribution in [0.4, 0.5) is 5.69 Å². The Morgan fingerprint density at radius 3 is 2.70 bits per heavy atom. The number of ketones is 1. The van der Waals surface area contributed by atoms with Crippen LogP contribution < -0.4 is 4.74 Å². The summed E-state index contributed by atoms with van der Waals surface area (Å²) in [6, 6.07) is 8.46. The number of carbonyl (C=O) groups excluding carboxylic acids is 1. The summed E-state index contributed by atoms with van der Waals surface area (Å²) < 4.78 is 4.94. The van der Waals surface area contributed by atoms with Gasteiger partial charge in [0.25, 0.3) is 5.69 Å². The summed E-state index contributed by atoms with van der Waals surface area (Å²) in [5.74, 6) is -0.214. The number of halogens is 1. The van der Waals surface area contributed by atoms with E-state index in [9.17, 15) is 20.0 Å². The average Bonchev–Trinajstić information content (AvgIpc) is 2.54. The number of phenols is 1. The number of methoxy groups -OCH3 is 1. The molecule has 0 radical (unpaired) electrons. The molecule has 0 saturated heterocycles. The van der Waals surface area contributed by atoms with Crippen molar-refractivity contribution in [2.75, 3.05) is 7.11 Å². The minimum Gasteiger partial charge on any atom is -0.504 e. The molecule has 0 fully saturated rings. The Morgan fingerprint density at radius 2 is 2.04 bits per heavy atom. The number of rotatable bonds is 5. The topological polar surface area (TPSA) is 89.7 Å². The lowest BCUT2D eigenvalue weighted by molar-refractivity contribution is -0.384. The second kappa shape index (κ2) is 6.93. The first-order valence-corrected chi connectivity index (χ1v) is 6.83. The van der Waals surface area contributed by atoms with Crippen LogP contribution in [0, 0.1) is 10.1 Å². The molecule has 0 atom stereocenters. The van der Waals surface area contributed by atoms with E-state index in [1.54, 1.807) is 6.07 Å². The minimum absolute atomic E-state index is 0.0294. The van der Waals surface area contributed by atoms with E-state index in [2.05, 4.69) is 0 Å². The van der Waals surface area contributed by atoms with Crippen LogP contribution in [0.15, 0.2) is 42.5 Å². The summed E-state index contributed by atoms with van der Waals surface area (Å²) in [5, 5.41) is 20.4. The van der Waals surface area contributed by atoms with Crippen molar-refractivity contribution in [3.8, 4) is 11.5 Å². The number of hydrogen-bond acceptors (Lipinski definition) is 5. The summed E-state index contributed by atoms with van der Waals surface area (Å²) in [7, 11) is 1.38. The second-order valence-electron chi connectivity index (χ2n) is 4.55. The number of aromatic hydroxyl groups is 1. The molecule has 0 unspecified atom stereocenters. The van der Waals surface area contributed by atoms with E-state index in [-0.39, 0.29) is 28.0 Å². The molecule has 0 saturated carbocycles. The predicted molar refractivity (Wildman–Crippen MR) is 86.1 cm³/mol. The standard InChI is InChI=1S/C16H12ClNO5/c1-23-16-9-11(4-7-15(16)20)14(19)6-3-10-2-5-12(17)13(8-10)18(21)22/h2-9,20H,1H3. The molecule has 0 spiro atoms. The SMILES string of the molecule is COc1cc(C(=O)C=Cc2ccc(Cl)c([N+](=O)[O-])c2)ccc1O. The first-order chi connectivity index (χ1) is 10.9. The second-order valence-corrected chi connectivity index (χ2v) is 4.96. The maximum Gasteiger partial charge on any atom is 0.288 e. The summed E-state index contributed by atoms with van der Waals surface area (Å²) >= 11 is 5.73. The zero-order valence-corrected chi connectivity index (χ0v) is 12.8. The fraction of sp³-hybridized carbons (Fsp3) is 0.0625. The van der Waals surface area contributed by atoms with Gasteiger partial charge < -0.3 is 9.84 Å². The van der Waals surface area contributed by atoms with Crippen LogP contribution in [-0.2, 0) is 0 Å². The van der Waals surface area contributed by atoms with Gasteiger partial charge in [0.05, 0.1) is 12.0 Å². The van der Waals surface area contributed by atoms with Gasteiger partial charge in [-0.25, -0.2) is 0 Å². The number of nitro groups is 1. The Bertz CT molecular complexity index is 801. The van der Waals surface area contributed by atoms with E-state index in [1.165, 1.54) is 49.6 Å². The van der Waals surface area contributed by atoms with E-state index < -0.39 is 4.92 Å². The first kappa shape index (κ1) is 16.5. The number of ether oxygens (including phenoxy) is 1. The number of nitrogens with zero attached hydrogens (tertiary/aromatic N) is 1. The smallest absolute Gasteiger partial charge is 0.288 e. The van der Waals surface area contributed by atoms with Crippen molar-refractivity contribution in [1.82, 2.24) is 0 Å². The first-order valence-electron chi connectivity index (χ1n) is 6.45. The summed E-state index contributed by atoms with van der Waals surface area (Å²) in [6.45, 7) is 0. The van der Waals surface area contributed by atoms with Crippen molar-refractivity contribution in [2.45, 2.75) is 0 Å². The lowest BCUT2D eigenvalue weighted by Crippen LogP contribution is -1.95. The molecule has 0 aliphatic heterocycles. The Labute approximate surface area is 136 Å². The summed E-state index contributed by atoms with van der Waals surface area (Å²) in [6.07, 6.45) is 2.73. The Morgan fingerprint density at radius 1 is 1.30 bits per heavy atom. The third kappa shape index (κ3) is 3.87. The molecule has 0 amide bonds. The van der Waals surface area contributed by atoms with E-state index in [1.807, 2.05) is 0 Å². The molecular formula is C16H12ClNO5. The fourth-order valence-electron chi connectivity index (χ4n) is 1.87. The van der Waals surface area contributed by atoms with E-state index >= 15 is 0 Å². The number of allylic oxidation sites excluding steroid dienone is 1. The molecule has 0 bridgehead atoms. The van der Waals surface area contributed by atoms with Gasteiger partial charge in [0.15, 0.2) is 17.3 Å². The van der Waals surface area contributed by atoms with Gasteiger partial charge in [0.2, 0.25) is 0 Å². The van der Waals surface area contributed by atoms with Crippen molar-refractivity contribution in [2.24, 2.45) is 0 Å². The predicted octanol–water partition coefficient (Wildman–Crippen LogP) is 3.86. The highest BCUT2D eigenvalue weighted by atomic mass is 35.5. The molecule has 2 aromatic rings. The van der Waals surface area contributed by atoms with E-state index in [0.717, 1.165) is 0 Å². The van der Waals surface area contributed by atoms with Crippen molar-refractivity contribution >= 4 is 29.1 Å². The third-order valence-electron chi connectivity index (χ3n) is 3.06. The zero-order chi connectivity index (χ0) is 17.0. The van der Waals surface area contributed by atoms with Gasteiger partial charge in [0, 0.05) is 11.6 Å². The molecule has 6 nitrogen and oxygen atoms in total. The fourth-order valence-corrected chi connectivity index (χ4v) is 2.06. The molecule has 118 valence electrons. The van der Waals surface area contributed by atoms with Crippen LogP contribution in [0.1, 0.15) is 15.9 Å². The normalized spacial score (nSPS) is 10.7. The molecule has 0 aliphatic rings. The van der Waals surface area contributed by atoms with Crippen molar-refractivity contribution < 1.29 is 19.6 Å². The Balaban J connectivity index is 2.25. The van der Waals surface area contributed by atoms with Crippen LogP contribution in [0.3, 0.4) is 0 Å². The molecule has 7 heteroatoms. The number of carbonyl (C=O) groups is 1. The minimum atomic E-state index is -0.591. The van der Waals surface area contributed by atoms with Gasteiger partial charge >= 0.3 is 0 Å². The lowest BCUT2D eigenvalue weighted by atomic mass is 10.1. The van der Waals surface area contributed by atoms with Crippen LogP contribution in [0.5, 0.6) is 11.5 Å². The van der Waals surface area contributed by atoms with Crippen molar-refractivity contribution in [3.05, 3.63) is 68.7 Å². The highest BCUT2D eigenvalue weighted by molar-refractivity contribution is 6.32. The summed E-state index contributed by atoms with van der Waals surface area (Å²) in [4.78, 5) is 22.3. The van der Waals surface area contributed by atoms with Crippen molar-refractivity contribution in [3.63, 3.8) is 0 Å². The van der Waals surface area contributed by atoms with E-state index in [0.29, 0.717) is 11.1 Å². The number of hydrogen-bond donors (Lipinski definition) is 1. The Hall–Kier alpha value is -2.86. The number of nitro benzene ring substituents is 1. The number of benzene rings is 2. The van der Waals surface area contributed by atoms with Crippen LogP contribution in [0.25, 0.3) is 6.08 Å². The maximum absolute atomic E-state index is 12.1. The van der Waals surface area contributed by atoms with Crippen molar-refractivity contribution in [1.29, 1.82) is 0 Å². The third-order valence-corrected chi connectivity index (χ3v) is 3.38. The van der Waals surface area contributed by atoms with Crippen LogP contribution >= 0.6 is 11.6 Å². The van der Waals surface area contributed by atoms with Gasteiger partial charge in [-0.05, 0) is 35.9 Å². The van der Waals surface area contributed by atoms with Gasteiger partial charge in [-0.2, -0.15) is 0 Å². The quantitative estimate of drug-likeness (QED) is 0.388. The molecule has 1 N–H and O–H groups in total. The van der Waals surface area contributed by atoms with Crippen LogP contribution in [-0.4, -0.2) is 22.9 Å². The molecule has 0 aliphatic carbocycles. The highest BCUT2D eigenvalue weighted by Crippen LogP contribution is 2.27. The van der Waals surface area contributed by atoms with Gasteiger partial charge in [-0.3, -0.25) is 14.9 Å². The average molecular weight is 334 g/mol. The van der Waals surface area contributed by atoms with Gasteiger partial charge in [-0.1, -0.05) is 23.7 Å². The molecule has 2 aromatic carbocycles. The molecule has 2 rings (SSSR count). The number of phenolic OH excluding ortho intramolecular Hbond substituents is 1. The molecule has 0 aromatic heterocycles. The molecular weight excluding hydrogens is 322 g/mol.